The fourth-order valence-electron chi connectivity index (χ4n) is 3.00. The minimum Gasteiger partial charge on any atom is -0.493 e. The fourth-order valence-corrected chi connectivity index (χ4v) is 3.27. The predicted molar refractivity (Wildman–Crippen MR) is 81.2 cm³/mol. The van der Waals surface area contributed by atoms with Crippen LogP contribution in [0.1, 0.15) is 31.4 Å². The van der Waals surface area contributed by atoms with Crippen molar-refractivity contribution in [3.63, 3.8) is 0 Å². The van der Waals surface area contributed by atoms with E-state index in [-0.39, 0.29) is 0 Å². The van der Waals surface area contributed by atoms with E-state index in [9.17, 15) is 0 Å². The van der Waals surface area contributed by atoms with Gasteiger partial charge in [-0.3, -0.25) is 0 Å². The van der Waals surface area contributed by atoms with Crippen molar-refractivity contribution < 1.29 is 4.74 Å². The molecule has 106 valence electrons. The highest BCUT2D eigenvalue weighted by atomic mass is 35.5. The standard InChI is InChI=1S/C16H24ClNO/c1-11(2)6-12(10-18-3)7-14-9-15(17)8-13-4-5-19-16(13)14/h8-9,11-12,18H,4-7,10H2,1-3H3. The number of nitrogens with one attached hydrogen (secondary N) is 1. The van der Waals surface area contributed by atoms with Gasteiger partial charge in [0.15, 0.2) is 0 Å². The second-order valence-electron chi connectivity index (χ2n) is 5.91. The van der Waals surface area contributed by atoms with E-state index < -0.39 is 0 Å². The zero-order valence-corrected chi connectivity index (χ0v) is 12.9. The predicted octanol–water partition coefficient (Wildman–Crippen LogP) is 3.70. The summed E-state index contributed by atoms with van der Waals surface area (Å²) < 4.78 is 5.79. The van der Waals surface area contributed by atoms with Gasteiger partial charge in [0.25, 0.3) is 0 Å². The zero-order valence-electron chi connectivity index (χ0n) is 12.1. The third kappa shape index (κ3) is 3.87. The monoisotopic (exact) mass is 281 g/mol. The Morgan fingerprint density at radius 1 is 1.37 bits per heavy atom. The van der Waals surface area contributed by atoms with Crippen LogP contribution in [-0.2, 0) is 12.8 Å². The number of fused-ring (bicyclic) bond motifs is 1. The summed E-state index contributed by atoms with van der Waals surface area (Å²) in [5, 5.41) is 4.14. The molecule has 0 spiro atoms. The maximum Gasteiger partial charge on any atom is 0.125 e. The fraction of sp³-hybridized carbons (Fsp3) is 0.625. The number of rotatable bonds is 6. The van der Waals surface area contributed by atoms with Crippen LogP contribution in [0.5, 0.6) is 5.75 Å². The van der Waals surface area contributed by atoms with Crippen LogP contribution in [0.25, 0.3) is 0 Å². The van der Waals surface area contributed by atoms with Gasteiger partial charge in [-0.15, -0.1) is 0 Å². The highest BCUT2D eigenvalue weighted by molar-refractivity contribution is 6.30. The van der Waals surface area contributed by atoms with Gasteiger partial charge in [0.2, 0.25) is 0 Å². The van der Waals surface area contributed by atoms with Crippen molar-refractivity contribution in [1.29, 1.82) is 0 Å². The molecule has 1 unspecified atom stereocenters. The second-order valence-corrected chi connectivity index (χ2v) is 6.35. The Labute approximate surface area is 121 Å². The quantitative estimate of drug-likeness (QED) is 0.858. The van der Waals surface area contributed by atoms with E-state index in [2.05, 4.69) is 25.2 Å². The van der Waals surface area contributed by atoms with Crippen molar-refractivity contribution in [3.05, 3.63) is 28.3 Å². The lowest BCUT2D eigenvalue weighted by Gasteiger charge is -2.20. The third-order valence-electron chi connectivity index (χ3n) is 3.63. The Bertz CT molecular complexity index is 431. The van der Waals surface area contributed by atoms with Crippen LogP contribution >= 0.6 is 11.6 Å². The van der Waals surface area contributed by atoms with Crippen LogP contribution in [0.3, 0.4) is 0 Å². The highest BCUT2D eigenvalue weighted by Crippen LogP contribution is 2.34. The van der Waals surface area contributed by atoms with E-state index in [4.69, 9.17) is 16.3 Å². The van der Waals surface area contributed by atoms with E-state index in [1.165, 1.54) is 17.5 Å². The summed E-state index contributed by atoms with van der Waals surface area (Å²) in [7, 11) is 2.02. The van der Waals surface area contributed by atoms with Gasteiger partial charge >= 0.3 is 0 Å². The Morgan fingerprint density at radius 3 is 2.84 bits per heavy atom. The summed E-state index contributed by atoms with van der Waals surface area (Å²) in [6.07, 6.45) is 3.26. The summed E-state index contributed by atoms with van der Waals surface area (Å²) in [6.45, 7) is 6.39. The average Bonchev–Trinajstić information content (AvgIpc) is 2.76. The lowest BCUT2D eigenvalue weighted by atomic mass is 9.90. The number of ether oxygens (including phenoxy) is 1. The van der Waals surface area contributed by atoms with E-state index in [0.29, 0.717) is 11.8 Å². The summed E-state index contributed by atoms with van der Waals surface area (Å²) in [4.78, 5) is 0. The minimum absolute atomic E-state index is 0.636. The van der Waals surface area contributed by atoms with Gasteiger partial charge in [-0.05, 0) is 61.5 Å². The van der Waals surface area contributed by atoms with Gasteiger partial charge in [0.1, 0.15) is 5.75 Å². The van der Waals surface area contributed by atoms with Gasteiger partial charge in [-0.1, -0.05) is 25.4 Å². The van der Waals surface area contributed by atoms with Crippen molar-refractivity contribution >= 4 is 11.6 Å². The first kappa shape index (κ1) is 14.7. The topological polar surface area (TPSA) is 21.3 Å². The molecule has 1 aliphatic rings. The molecular weight excluding hydrogens is 258 g/mol. The molecule has 1 atom stereocenters. The molecule has 2 nitrogen and oxygen atoms in total. The third-order valence-corrected chi connectivity index (χ3v) is 3.85. The van der Waals surface area contributed by atoms with Crippen molar-refractivity contribution in [2.75, 3.05) is 20.2 Å². The molecule has 0 saturated carbocycles. The Hall–Kier alpha value is -0.730. The van der Waals surface area contributed by atoms with Crippen molar-refractivity contribution in [2.45, 2.75) is 33.1 Å². The molecule has 1 N–H and O–H groups in total. The SMILES string of the molecule is CNCC(Cc1cc(Cl)cc2c1OCC2)CC(C)C. The Morgan fingerprint density at radius 2 is 2.16 bits per heavy atom. The Balaban J connectivity index is 2.16. The normalized spacial score (nSPS) is 15.4. The highest BCUT2D eigenvalue weighted by Gasteiger charge is 2.20. The van der Waals surface area contributed by atoms with Crippen LogP contribution in [0.15, 0.2) is 12.1 Å². The average molecular weight is 282 g/mol. The summed E-state index contributed by atoms with van der Waals surface area (Å²) in [5.41, 5.74) is 2.55. The van der Waals surface area contributed by atoms with Crippen molar-refractivity contribution in [2.24, 2.45) is 11.8 Å². The molecule has 1 heterocycles. The van der Waals surface area contributed by atoms with Crippen molar-refractivity contribution in [3.8, 4) is 5.75 Å². The smallest absolute Gasteiger partial charge is 0.125 e. The molecule has 0 amide bonds. The van der Waals surface area contributed by atoms with Gasteiger partial charge < -0.3 is 10.1 Å². The first-order valence-electron chi connectivity index (χ1n) is 7.18. The van der Waals surface area contributed by atoms with E-state index in [1.54, 1.807) is 0 Å². The zero-order chi connectivity index (χ0) is 13.8. The maximum absolute atomic E-state index is 6.22. The largest absolute Gasteiger partial charge is 0.493 e. The second kappa shape index (κ2) is 6.62. The lowest BCUT2D eigenvalue weighted by molar-refractivity contribution is 0.345. The molecule has 0 saturated heterocycles. The number of hydrogen-bond acceptors (Lipinski definition) is 2. The maximum atomic E-state index is 6.22. The van der Waals surface area contributed by atoms with E-state index in [1.807, 2.05) is 13.1 Å². The molecule has 0 fully saturated rings. The minimum atomic E-state index is 0.636. The number of halogens is 1. The molecule has 2 rings (SSSR count). The molecule has 0 radical (unpaired) electrons. The molecule has 3 heteroatoms. The number of hydrogen-bond donors (Lipinski definition) is 1. The molecular formula is C16H24ClNO. The summed E-state index contributed by atoms with van der Waals surface area (Å²) in [6, 6.07) is 4.12. The van der Waals surface area contributed by atoms with Crippen LogP contribution < -0.4 is 10.1 Å². The van der Waals surface area contributed by atoms with Crippen LogP contribution in [-0.4, -0.2) is 20.2 Å². The molecule has 0 aromatic heterocycles. The van der Waals surface area contributed by atoms with Crippen LogP contribution in [0, 0.1) is 11.8 Å². The van der Waals surface area contributed by atoms with Crippen LogP contribution in [0.4, 0.5) is 0 Å². The van der Waals surface area contributed by atoms with Gasteiger partial charge in [-0.25, -0.2) is 0 Å². The number of benzene rings is 1. The molecule has 19 heavy (non-hydrogen) atoms. The molecule has 1 aliphatic heterocycles. The molecule has 0 bridgehead atoms. The van der Waals surface area contributed by atoms with Gasteiger partial charge in [0.05, 0.1) is 6.61 Å². The summed E-state index contributed by atoms with van der Waals surface area (Å²) >= 11 is 6.22. The van der Waals surface area contributed by atoms with Gasteiger partial charge in [0, 0.05) is 11.4 Å². The van der Waals surface area contributed by atoms with Crippen LogP contribution in [0.2, 0.25) is 5.02 Å². The van der Waals surface area contributed by atoms with E-state index >= 15 is 0 Å². The lowest BCUT2D eigenvalue weighted by Crippen LogP contribution is -2.22. The van der Waals surface area contributed by atoms with Gasteiger partial charge in [-0.2, -0.15) is 0 Å². The first-order valence-corrected chi connectivity index (χ1v) is 7.56. The first-order chi connectivity index (χ1) is 9.10. The van der Waals surface area contributed by atoms with E-state index in [0.717, 1.165) is 36.8 Å². The molecule has 1 aromatic rings. The molecule has 1 aromatic carbocycles. The van der Waals surface area contributed by atoms with Crippen molar-refractivity contribution in [1.82, 2.24) is 5.32 Å². The summed E-state index contributed by atoms with van der Waals surface area (Å²) in [5.74, 6) is 2.44. The molecule has 0 aliphatic carbocycles. The Kier molecular flexibility index (Phi) is 5.12.